The molecule has 1 rings (SSSR count). The zero-order valence-corrected chi connectivity index (χ0v) is 13.7. The van der Waals surface area contributed by atoms with Gasteiger partial charge in [-0.05, 0) is 37.1 Å². The van der Waals surface area contributed by atoms with Gasteiger partial charge in [-0.15, -0.1) is 0 Å². The zero-order chi connectivity index (χ0) is 15.9. The third-order valence-corrected chi connectivity index (χ3v) is 4.89. The quantitative estimate of drug-likeness (QED) is 0.769. The molecular formula is C15H24N2O3S. The van der Waals surface area contributed by atoms with Gasteiger partial charge >= 0.3 is 0 Å². The van der Waals surface area contributed by atoms with E-state index in [0.717, 1.165) is 24.2 Å². The minimum atomic E-state index is -3.05. The topological polar surface area (TPSA) is 75.3 Å². The van der Waals surface area contributed by atoms with Crippen LogP contribution in [0.1, 0.15) is 36.2 Å². The zero-order valence-electron chi connectivity index (χ0n) is 12.9. The Hall–Kier alpha value is -1.56. The monoisotopic (exact) mass is 312 g/mol. The summed E-state index contributed by atoms with van der Waals surface area (Å²) in [7, 11) is -3.05. The number of benzene rings is 1. The molecule has 118 valence electrons. The molecule has 0 unspecified atom stereocenters. The van der Waals surface area contributed by atoms with Crippen LogP contribution in [-0.2, 0) is 9.84 Å². The van der Waals surface area contributed by atoms with Crippen molar-refractivity contribution in [1.82, 2.24) is 5.32 Å². The fourth-order valence-electron chi connectivity index (χ4n) is 1.86. The maximum Gasteiger partial charge on any atom is 0.251 e. The molecule has 0 heterocycles. The highest BCUT2D eigenvalue weighted by molar-refractivity contribution is 7.91. The fourth-order valence-corrected chi connectivity index (χ4v) is 2.56. The van der Waals surface area contributed by atoms with E-state index in [1.165, 1.54) is 0 Å². The Morgan fingerprint density at radius 2 is 1.90 bits per heavy atom. The lowest BCUT2D eigenvalue weighted by molar-refractivity contribution is 0.0955. The average molecular weight is 312 g/mol. The van der Waals surface area contributed by atoms with E-state index in [1.54, 1.807) is 13.0 Å². The van der Waals surface area contributed by atoms with Crippen LogP contribution in [0.4, 0.5) is 5.69 Å². The predicted octanol–water partition coefficient (Wildman–Crippen LogP) is 1.98. The smallest absolute Gasteiger partial charge is 0.251 e. The summed E-state index contributed by atoms with van der Waals surface area (Å²) in [4.78, 5) is 12.0. The second kappa shape index (κ2) is 8.02. The van der Waals surface area contributed by atoms with Crippen LogP contribution in [0.2, 0.25) is 0 Å². The predicted molar refractivity (Wildman–Crippen MR) is 86.6 cm³/mol. The Morgan fingerprint density at radius 3 is 2.48 bits per heavy atom. The minimum absolute atomic E-state index is 0.0234. The number of rotatable bonds is 8. The van der Waals surface area contributed by atoms with Crippen LogP contribution in [0.3, 0.4) is 0 Å². The van der Waals surface area contributed by atoms with E-state index in [-0.39, 0.29) is 24.0 Å². The minimum Gasteiger partial charge on any atom is -0.385 e. The van der Waals surface area contributed by atoms with Crippen molar-refractivity contribution < 1.29 is 13.2 Å². The van der Waals surface area contributed by atoms with Crippen molar-refractivity contribution in [3.8, 4) is 0 Å². The molecule has 0 aromatic heterocycles. The van der Waals surface area contributed by atoms with Gasteiger partial charge in [0.1, 0.15) is 0 Å². The molecule has 2 N–H and O–H groups in total. The number of carbonyl (C=O) groups excluding carboxylic acids is 1. The van der Waals surface area contributed by atoms with Crippen LogP contribution < -0.4 is 10.6 Å². The fraction of sp³-hybridized carbons (Fsp3) is 0.533. The van der Waals surface area contributed by atoms with Crippen LogP contribution in [0.15, 0.2) is 18.2 Å². The number of nitrogens with one attached hydrogen (secondary N) is 2. The van der Waals surface area contributed by atoms with Gasteiger partial charge in [0.15, 0.2) is 9.84 Å². The molecule has 0 radical (unpaired) electrons. The van der Waals surface area contributed by atoms with Gasteiger partial charge in [-0.25, -0.2) is 8.42 Å². The summed E-state index contributed by atoms with van der Waals surface area (Å²) in [5, 5.41) is 5.92. The molecule has 0 fully saturated rings. The second-order valence-electron chi connectivity index (χ2n) is 4.95. The van der Waals surface area contributed by atoms with Gasteiger partial charge in [-0.2, -0.15) is 0 Å². The van der Waals surface area contributed by atoms with E-state index in [0.29, 0.717) is 5.56 Å². The number of aryl methyl sites for hydroxylation is 1. The molecule has 0 bridgehead atoms. The van der Waals surface area contributed by atoms with Gasteiger partial charge in [0.2, 0.25) is 0 Å². The third-order valence-electron chi connectivity index (χ3n) is 3.19. The van der Waals surface area contributed by atoms with E-state index in [9.17, 15) is 13.2 Å². The number of amides is 1. The van der Waals surface area contributed by atoms with Gasteiger partial charge in [0, 0.05) is 30.1 Å². The number of anilines is 1. The normalized spacial score (nSPS) is 11.2. The van der Waals surface area contributed by atoms with E-state index >= 15 is 0 Å². The molecule has 1 aromatic carbocycles. The molecule has 0 aliphatic rings. The lowest BCUT2D eigenvalue weighted by Gasteiger charge is -2.10. The van der Waals surface area contributed by atoms with Gasteiger partial charge < -0.3 is 10.6 Å². The van der Waals surface area contributed by atoms with Crippen LogP contribution in [0, 0.1) is 6.92 Å². The van der Waals surface area contributed by atoms with Crippen molar-refractivity contribution in [3.63, 3.8) is 0 Å². The molecule has 21 heavy (non-hydrogen) atoms. The lowest BCUT2D eigenvalue weighted by atomic mass is 10.1. The summed E-state index contributed by atoms with van der Waals surface area (Å²) in [6, 6.07) is 5.55. The summed E-state index contributed by atoms with van der Waals surface area (Å²) >= 11 is 0. The van der Waals surface area contributed by atoms with Gasteiger partial charge in [0.25, 0.3) is 5.91 Å². The highest BCUT2D eigenvalue weighted by atomic mass is 32.2. The maximum absolute atomic E-state index is 12.0. The van der Waals surface area contributed by atoms with Crippen LogP contribution in [-0.4, -0.2) is 38.9 Å². The Kier molecular flexibility index (Phi) is 6.68. The Morgan fingerprint density at radius 1 is 1.19 bits per heavy atom. The first kappa shape index (κ1) is 17.5. The molecule has 0 aliphatic heterocycles. The molecule has 0 spiro atoms. The molecule has 0 atom stereocenters. The lowest BCUT2D eigenvalue weighted by Crippen LogP contribution is -2.30. The first-order valence-electron chi connectivity index (χ1n) is 7.22. The standard InChI is InChI=1S/C15H24N2O3S/c1-4-8-16-13-6-7-14(12(3)11-13)15(18)17-9-10-21(19,20)5-2/h6-7,11,16H,4-5,8-10H2,1-3H3,(H,17,18). The van der Waals surface area contributed by atoms with Crippen molar-refractivity contribution in [2.75, 3.05) is 29.9 Å². The van der Waals surface area contributed by atoms with Crippen LogP contribution in [0.5, 0.6) is 0 Å². The molecular weight excluding hydrogens is 288 g/mol. The van der Waals surface area contributed by atoms with Gasteiger partial charge in [0.05, 0.1) is 5.75 Å². The molecule has 0 aliphatic carbocycles. The van der Waals surface area contributed by atoms with Gasteiger partial charge in [-0.3, -0.25) is 4.79 Å². The third kappa shape index (κ3) is 5.75. The second-order valence-corrected chi connectivity index (χ2v) is 7.42. The molecule has 1 aromatic rings. The molecule has 6 heteroatoms. The van der Waals surface area contributed by atoms with Crippen molar-refractivity contribution in [3.05, 3.63) is 29.3 Å². The Labute approximate surface area is 127 Å². The van der Waals surface area contributed by atoms with Crippen molar-refractivity contribution >= 4 is 21.4 Å². The van der Waals surface area contributed by atoms with Gasteiger partial charge in [-0.1, -0.05) is 13.8 Å². The van der Waals surface area contributed by atoms with E-state index in [4.69, 9.17) is 0 Å². The number of hydrogen-bond acceptors (Lipinski definition) is 4. The van der Waals surface area contributed by atoms with E-state index in [2.05, 4.69) is 17.6 Å². The molecule has 1 amide bonds. The highest BCUT2D eigenvalue weighted by Gasteiger charge is 2.11. The number of hydrogen-bond donors (Lipinski definition) is 2. The SMILES string of the molecule is CCCNc1ccc(C(=O)NCCS(=O)(=O)CC)c(C)c1. The van der Waals surface area contributed by atoms with Crippen molar-refractivity contribution in [1.29, 1.82) is 0 Å². The average Bonchev–Trinajstić information content (AvgIpc) is 2.44. The number of sulfone groups is 1. The molecule has 0 saturated heterocycles. The highest BCUT2D eigenvalue weighted by Crippen LogP contribution is 2.15. The maximum atomic E-state index is 12.0. The summed E-state index contributed by atoms with van der Waals surface area (Å²) < 4.78 is 22.7. The Balaban J connectivity index is 2.62. The van der Waals surface area contributed by atoms with E-state index < -0.39 is 9.84 Å². The number of carbonyl (C=O) groups is 1. The van der Waals surface area contributed by atoms with Crippen LogP contribution >= 0.6 is 0 Å². The summed E-state index contributed by atoms with van der Waals surface area (Å²) in [5.41, 5.74) is 2.43. The first-order chi connectivity index (χ1) is 9.89. The van der Waals surface area contributed by atoms with Crippen LogP contribution in [0.25, 0.3) is 0 Å². The summed E-state index contributed by atoms with van der Waals surface area (Å²) in [6.07, 6.45) is 1.03. The largest absolute Gasteiger partial charge is 0.385 e. The Bertz CT molecular complexity index is 583. The summed E-state index contributed by atoms with van der Waals surface area (Å²) in [6.45, 7) is 6.59. The van der Waals surface area contributed by atoms with E-state index in [1.807, 2.05) is 19.1 Å². The first-order valence-corrected chi connectivity index (χ1v) is 9.05. The molecule has 0 saturated carbocycles. The summed E-state index contributed by atoms with van der Waals surface area (Å²) in [5.74, 6) is -0.162. The van der Waals surface area contributed by atoms with Crippen molar-refractivity contribution in [2.45, 2.75) is 27.2 Å². The molecule has 5 nitrogen and oxygen atoms in total. The van der Waals surface area contributed by atoms with Crippen molar-refractivity contribution in [2.24, 2.45) is 0 Å².